The van der Waals surface area contributed by atoms with E-state index in [0.29, 0.717) is 12.2 Å². The highest BCUT2D eigenvalue weighted by atomic mass is 79.9. The molecule has 0 unspecified atom stereocenters. The summed E-state index contributed by atoms with van der Waals surface area (Å²) in [6.07, 6.45) is 0. The third-order valence-electron chi connectivity index (χ3n) is 2.60. The number of halogens is 3. The Morgan fingerprint density at radius 1 is 1.11 bits per heavy atom. The number of nitriles is 1. The Morgan fingerprint density at radius 3 is 2.42 bits per heavy atom. The number of hydrogen-bond acceptors (Lipinski definition) is 2. The van der Waals surface area contributed by atoms with Gasteiger partial charge >= 0.3 is 0 Å². The van der Waals surface area contributed by atoms with Gasteiger partial charge in [-0.05, 0) is 45.8 Å². The zero-order valence-electron chi connectivity index (χ0n) is 9.75. The summed E-state index contributed by atoms with van der Waals surface area (Å²) in [7, 11) is 0. The van der Waals surface area contributed by atoms with Gasteiger partial charge in [0.15, 0.2) is 5.82 Å². The molecule has 1 N–H and O–H groups in total. The van der Waals surface area contributed by atoms with Crippen LogP contribution in [-0.4, -0.2) is 0 Å². The van der Waals surface area contributed by atoms with Gasteiger partial charge in [0.1, 0.15) is 6.07 Å². The van der Waals surface area contributed by atoms with Gasteiger partial charge in [-0.2, -0.15) is 5.26 Å². The molecule has 0 saturated heterocycles. The average molecular weight is 384 g/mol. The summed E-state index contributed by atoms with van der Waals surface area (Å²) in [5, 5.41) is 11.8. The first-order valence-corrected chi connectivity index (χ1v) is 7.07. The van der Waals surface area contributed by atoms with E-state index in [1.807, 2.05) is 30.3 Å². The lowest BCUT2D eigenvalue weighted by atomic mass is 10.2. The summed E-state index contributed by atoms with van der Waals surface area (Å²) >= 11 is 6.44. The van der Waals surface area contributed by atoms with Crippen LogP contribution in [0.5, 0.6) is 0 Å². The highest BCUT2D eigenvalue weighted by molar-refractivity contribution is 9.10. The molecule has 0 saturated carbocycles. The van der Waals surface area contributed by atoms with Crippen LogP contribution in [0.1, 0.15) is 11.1 Å². The number of hydrogen-bond donors (Lipinski definition) is 1. The first-order chi connectivity index (χ1) is 9.11. The molecule has 2 nitrogen and oxygen atoms in total. The van der Waals surface area contributed by atoms with Crippen molar-refractivity contribution in [3.63, 3.8) is 0 Å². The van der Waals surface area contributed by atoms with E-state index in [2.05, 4.69) is 37.2 Å². The Labute approximate surface area is 127 Å². The van der Waals surface area contributed by atoms with Crippen LogP contribution in [0, 0.1) is 17.1 Å². The molecular weight excluding hydrogens is 375 g/mol. The molecule has 5 heteroatoms. The van der Waals surface area contributed by atoms with Crippen molar-refractivity contribution in [2.24, 2.45) is 0 Å². The Morgan fingerprint density at radius 2 is 1.79 bits per heavy atom. The predicted molar refractivity (Wildman–Crippen MR) is 80.3 cm³/mol. The number of rotatable bonds is 3. The Hall–Kier alpha value is -1.38. The summed E-state index contributed by atoms with van der Waals surface area (Å²) in [4.78, 5) is 0. The number of nitrogens with zero attached hydrogens (tertiary/aromatic N) is 1. The van der Waals surface area contributed by atoms with Gasteiger partial charge in [0.05, 0.1) is 15.7 Å². The van der Waals surface area contributed by atoms with Crippen LogP contribution in [0.15, 0.2) is 45.3 Å². The van der Waals surface area contributed by atoms with E-state index in [1.165, 1.54) is 0 Å². The molecule has 0 aliphatic rings. The van der Waals surface area contributed by atoms with Crippen LogP contribution in [-0.2, 0) is 6.54 Å². The Balaban J connectivity index is 2.14. The Kier molecular flexibility index (Phi) is 4.56. The number of benzene rings is 2. The first kappa shape index (κ1) is 14.0. The zero-order valence-corrected chi connectivity index (χ0v) is 12.9. The van der Waals surface area contributed by atoms with Crippen molar-refractivity contribution in [2.45, 2.75) is 6.54 Å². The second-order valence-corrected chi connectivity index (χ2v) is 5.59. The fraction of sp³-hybridized carbons (Fsp3) is 0.0714. The van der Waals surface area contributed by atoms with E-state index in [9.17, 15) is 4.39 Å². The van der Waals surface area contributed by atoms with E-state index >= 15 is 0 Å². The third kappa shape index (κ3) is 3.34. The highest BCUT2D eigenvalue weighted by Crippen LogP contribution is 2.27. The Bertz CT molecular complexity index is 633. The van der Waals surface area contributed by atoms with E-state index < -0.39 is 5.82 Å². The second kappa shape index (κ2) is 6.18. The lowest BCUT2D eigenvalue weighted by molar-refractivity contribution is 0.623. The maximum absolute atomic E-state index is 13.9. The molecule has 0 radical (unpaired) electrons. The minimum absolute atomic E-state index is 0.191. The molecule has 0 heterocycles. The van der Waals surface area contributed by atoms with Crippen molar-refractivity contribution >= 4 is 37.5 Å². The molecule has 96 valence electrons. The monoisotopic (exact) mass is 382 g/mol. The van der Waals surface area contributed by atoms with Crippen molar-refractivity contribution in [2.75, 3.05) is 5.32 Å². The molecule has 2 aromatic carbocycles. The fourth-order valence-corrected chi connectivity index (χ4v) is 2.27. The lowest BCUT2D eigenvalue weighted by Gasteiger charge is -2.09. The van der Waals surface area contributed by atoms with Crippen LogP contribution in [0.2, 0.25) is 0 Å². The summed E-state index contributed by atoms with van der Waals surface area (Å²) in [5.41, 5.74) is 1.70. The van der Waals surface area contributed by atoms with Crippen LogP contribution in [0.25, 0.3) is 0 Å². The van der Waals surface area contributed by atoms with Gasteiger partial charge in [0, 0.05) is 11.0 Å². The molecule has 0 spiro atoms. The molecule has 0 amide bonds. The van der Waals surface area contributed by atoms with Crippen molar-refractivity contribution < 1.29 is 4.39 Å². The smallest absolute Gasteiger partial charge is 0.161 e. The van der Waals surface area contributed by atoms with Crippen LogP contribution in [0.3, 0.4) is 0 Å². The molecule has 0 atom stereocenters. The zero-order chi connectivity index (χ0) is 13.8. The second-order valence-electron chi connectivity index (χ2n) is 3.88. The standard InChI is InChI=1S/C14H9Br2FN2/c15-11-4-1-9(2-5-11)8-19-12-6-3-10(7-18)13(16)14(12)17/h1-6,19H,8H2. The van der Waals surface area contributed by atoms with Gasteiger partial charge in [0.2, 0.25) is 0 Å². The molecule has 0 aliphatic carbocycles. The summed E-state index contributed by atoms with van der Waals surface area (Å²) in [6.45, 7) is 0.516. The number of nitrogens with one attached hydrogen (secondary N) is 1. The molecular formula is C14H9Br2FN2. The van der Waals surface area contributed by atoms with Gasteiger partial charge < -0.3 is 5.32 Å². The highest BCUT2D eigenvalue weighted by Gasteiger charge is 2.10. The molecule has 0 fully saturated rings. The maximum Gasteiger partial charge on any atom is 0.161 e. The van der Waals surface area contributed by atoms with Crippen molar-refractivity contribution in [1.29, 1.82) is 5.26 Å². The van der Waals surface area contributed by atoms with Gasteiger partial charge in [-0.1, -0.05) is 28.1 Å². The van der Waals surface area contributed by atoms with Crippen LogP contribution in [0.4, 0.5) is 10.1 Å². The first-order valence-electron chi connectivity index (χ1n) is 5.48. The van der Waals surface area contributed by atoms with Gasteiger partial charge in [-0.25, -0.2) is 4.39 Å². The molecule has 19 heavy (non-hydrogen) atoms. The van der Waals surface area contributed by atoms with E-state index in [4.69, 9.17) is 5.26 Å². The summed E-state index contributed by atoms with van der Waals surface area (Å²) in [5.74, 6) is -0.448. The van der Waals surface area contributed by atoms with E-state index in [0.717, 1.165) is 10.0 Å². The summed E-state index contributed by atoms with van der Waals surface area (Å²) < 4.78 is 15.1. The molecule has 2 rings (SSSR count). The molecule has 0 aromatic heterocycles. The summed E-state index contributed by atoms with van der Waals surface area (Å²) in [6, 6.07) is 12.8. The van der Waals surface area contributed by atoms with Crippen molar-refractivity contribution in [1.82, 2.24) is 0 Å². The van der Waals surface area contributed by atoms with Gasteiger partial charge in [-0.15, -0.1) is 0 Å². The normalized spacial score (nSPS) is 10.0. The van der Waals surface area contributed by atoms with E-state index in [-0.39, 0.29) is 10.0 Å². The van der Waals surface area contributed by atoms with Gasteiger partial charge in [-0.3, -0.25) is 0 Å². The third-order valence-corrected chi connectivity index (χ3v) is 3.90. The lowest BCUT2D eigenvalue weighted by Crippen LogP contribution is -2.02. The SMILES string of the molecule is N#Cc1ccc(NCc2ccc(Br)cc2)c(F)c1Br. The molecule has 0 bridgehead atoms. The minimum atomic E-state index is -0.448. The van der Waals surface area contributed by atoms with Crippen molar-refractivity contribution in [3.8, 4) is 6.07 Å². The van der Waals surface area contributed by atoms with Crippen LogP contribution >= 0.6 is 31.9 Å². The van der Waals surface area contributed by atoms with E-state index in [1.54, 1.807) is 12.1 Å². The maximum atomic E-state index is 13.9. The van der Waals surface area contributed by atoms with Crippen molar-refractivity contribution in [3.05, 3.63) is 62.3 Å². The molecule has 0 aliphatic heterocycles. The van der Waals surface area contributed by atoms with Crippen LogP contribution < -0.4 is 5.32 Å². The largest absolute Gasteiger partial charge is 0.379 e. The molecule has 2 aromatic rings. The quantitative estimate of drug-likeness (QED) is 0.823. The topological polar surface area (TPSA) is 35.8 Å². The average Bonchev–Trinajstić information content (AvgIpc) is 2.42. The van der Waals surface area contributed by atoms with Gasteiger partial charge in [0.25, 0.3) is 0 Å². The minimum Gasteiger partial charge on any atom is -0.379 e. The predicted octanol–water partition coefficient (Wildman–Crippen LogP) is 4.83. The number of anilines is 1. The fourth-order valence-electron chi connectivity index (χ4n) is 1.57.